The van der Waals surface area contributed by atoms with Crippen molar-refractivity contribution in [2.45, 2.75) is 26.8 Å². The third-order valence-electron chi connectivity index (χ3n) is 2.13. The molecule has 1 heterocycles. The van der Waals surface area contributed by atoms with Crippen molar-refractivity contribution in [3.63, 3.8) is 0 Å². The van der Waals surface area contributed by atoms with E-state index in [4.69, 9.17) is 5.73 Å². The van der Waals surface area contributed by atoms with Crippen LogP contribution in [0.1, 0.15) is 20.8 Å². The molecule has 0 spiro atoms. The van der Waals surface area contributed by atoms with E-state index in [1.165, 1.54) is 0 Å². The number of nitrogen functional groups attached to an aromatic ring is 1. The summed E-state index contributed by atoms with van der Waals surface area (Å²) in [5, 5.41) is 3.27. The summed E-state index contributed by atoms with van der Waals surface area (Å²) in [6, 6.07) is 0.348. The van der Waals surface area contributed by atoms with Gasteiger partial charge in [-0.1, -0.05) is 13.8 Å². The molecule has 0 amide bonds. The molecule has 1 aromatic heterocycles. The highest BCUT2D eigenvalue weighted by Crippen LogP contribution is 2.21. The Kier molecular flexibility index (Phi) is 3.69. The van der Waals surface area contributed by atoms with Gasteiger partial charge in [0.2, 0.25) is 5.95 Å². The molecule has 1 atom stereocenters. The lowest BCUT2D eigenvalue weighted by Gasteiger charge is -2.18. The maximum absolute atomic E-state index is 5.50. The second kappa shape index (κ2) is 4.59. The molecule has 0 aromatic carbocycles. The largest absolute Gasteiger partial charge is 0.368 e. The number of nitrogens with two attached hydrogens (primary N) is 1. The van der Waals surface area contributed by atoms with Crippen LogP contribution < -0.4 is 11.1 Å². The normalized spacial score (nSPS) is 12.9. The molecule has 1 rings (SSSR count). The fraction of sp³-hybridized carbons (Fsp3) is 0.556. The first-order valence-corrected chi connectivity index (χ1v) is 5.34. The van der Waals surface area contributed by atoms with Gasteiger partial charge in [-0.3, -0.25) is 0 Å². The summed E-state index contributed by atoms with van der Waals surface area (Å²) in [6.07, 6.45) is 1.65. The molecule has 1 aromatic rings. The minimum Gasteiger partial charge on any atom is -0.368 e. The van der Waals surface area contributed by atoms with Crippen LogP contribution in [0.25, 0.3) is 0 Å². The van der Waals surface area contributed by atoms with E-state index in [0.717, 1.165) is 10.3 Å². The SMILES string of the molecule is CC(C)C(C)Nc1nc(N)ncc1Br. The number of nitrogens with zero attached hydrogens (tertiary/aromatic N) is 2. The highest BCUT2D eigenvalue weighted by atomic mass is 79.9. The van der Waals surface area contributed by atoms with Crippen LogP contribution in [0.3, 0.4) is 0 Å². The Balaban J connectivity index is 2.80. The molecule has 3 N–H and O–H groups in total. The molecule has 4 nitrogen and oxygen atoms in total. The van der Waals surface area contributed by atoms with Crippen LogP contribution in [-0.2, 0) is 0 Å². The summed E-state index contributed by atoms with van der Waals surface area (Å²) in [7, 11) is 0. The Morgan fingerprint density at radius 1 is 1.43 bits per heavy atom. The molecule has 0 aliphatic heterocycles. The van der Waals surface area contributed by atoms with Crippen molar-refractivity contribution >= 4 is 27.7 Å². The number of aromatic nitrogens is 2. The second-order valence-corrected chi connectivity index (χ2v) is 4.46. The zero-order valence-corrected chi connectivity index (χ0v) is 10.2. The van der Waals surface area contributed by atoms with E-state index in [0.29, 0.717) is 12.0 Å². The molecule has 5 heteroatoms. The fourth-order valence-corrected chi connectivity index (χ4v) is 1.17. The number of nitrogens with one attached hydrogen (secondary N) is 1. The van der Waals surface area contributed by atoms with Crippen molar-refractivity contribution in [2.24, 2.45) is 5.92 Å². The number of anilines is 2. The zero-order chi connectivity index (χ0) is 10.7. The predicted molar refractivity (Wildman–Crippen MR) is 62.1 cm³/mol. The Morgan fingerprint density at radius 3 is 2.64 bits per heavy atom. The van der Waals surface area contributed by atoms with Gasteiger partial charge in [0.25, 0.3) is 0 Å². The van der Waals surface area contributed by atoms with Crippen molar-refractivity contribution in [3.8, 4) is 0 Å². The maximum Gasteiger partial charge on any atom is 0.221 e. The molecular weight excluding hydrogens is 244 g/mol. The van der Waals surface area contributed by atoms with E-state index >= 15 is 0 Å². The van der Waals surface area contributed by atoms with Crippen LogP contribution in [0.15, 0.2) is 10.7 Å². The number of hydrogen-bond donors (Lipinski definition) is 2. The third-order valence-corrected chi connectivity index (χ3v) is 2.71. The van der Waals surface area contributed by atoms with Gasteiger partial charge in [-0.15, -0.1) is 0 Å². The van der Waals surface area contributed by atoms with Crippen LogP contribution in [0.5, 0.6) is 0 Å². The van der Waals surface area contributed by atoms with Crippen LogP contribution in [-0.4, -0.2) is 16.0 Å². The second-order valence-electron chi connectivity index (χ2n) is 3.60. The quantitative estimate of drug-likeness (QED) is 0.874. The third kappa shape index (κ3) is 2.83. The molecule has 0 fully saturated rings. The summed E-state index contributed by atoms with van der Waals surface area (Å²) in [5.41, 5.74) is 5.50. The van der Waals surface area contributed by atoms with Gasteiger partial charge in [0.15, 0.2) is 0 Å². The summed E-state index contributed by atoms with van der Waals surface area (Å²) in [4.78, 5) is 7.98. The lowest BCUT2D eigenvalue weighted by molar-refractivity contribution is 0.558. The first-order chi connectivity index (χ1) is 6.50. The molecule has 1 unspecified atom stereocenters. The Hall–Kier alpha value is -0.840. The van der Waals surface area contributed by atoms with Gasteiger partial charge in [0.05, 0.1) is 4.47 Å². The number of hydrogen-bond acceptors (Lipinski definition) is 4. The molecule has 0 radical (unpaired) electrons. The van der Waals surface area contributed by atoms with Gasteiger partial charge in [-0.05, 0) is 28.8 Å². The van der Waals surface area contributed by atoms with Crippen LogP contribution in [0.2, 0.25) is 0 Å². The van der Waals surface area contributed by atoms with Crippen molar-refractivity contribution in [1.82, 2.24) is 9.97 Å². The van der Waals surface area contributed by atoms with E-state index < -0.39 is 0 Å². The van der Waals surface area contributed by atoms with E-state index in [1.807, 2.05) is 0 Å². The van der Waals surface area contributed by atoms with E-state index in [9.17, 15) is 0 Å². The van der Waals surface area contributed by atoms with E-state index in [1.54, 1.807) is 6.20 Å². The molecule has 0 aliphatic rings. The van der Waals surface area contributed by atoms with Crippen molar-refractivity contribution < 1.29 is 0 Å². The molecule has 0 saturated carbocycles. The van der Waals surface area contributed by atoms with Gasteiger partial charge in [0.1, 0.15) is 5.82 Å². The van der Waals surface area contributed by atoms with Crippen molar-refractivity contribution in [2.75, 3.05) is 11.1 Å². The number of rotatable bonds is 3. The zero-order valence-electron chi connectivity index (χ0n) is 8.58. The molecule has 78 valence electrons. The molecule has 0 saturated heterocycles. The fourth-order valence-electron chi connectivity index (χ4n) is 0.864. The number of halogens is 1. The van der Waals surface area contributed by atoms with Gasteiger partial charge >= 0.3 is 0 Å². The van der Waals surface area contributed by atoms with Crippen LogP contribution >= 0.6 is 15.9 Å². The molecule has 0 bridgehead atoms. The predicted octanol–water partition coefficient (Wildman–Crippen LogP) is 2.28. The van der Waals surface area contributed by atoms with E-state index in [-0.39, 0.29) is 5.95 Å². The summed E-state index contributed by atoms with van der Waals surface area (Å²) < 4.78 is 0.833. The van der Waals surface area contributed by atoms with Gasteiger partial charge < -0.3 is 11.1 Å². The smallest absolute Gasteiger partial charge is 0.221 e. The Bertz CT molecular complexity index is 314. The first kappa shape index (κ1) is 11.2. The van der Waals surface area contributed by atoms with Crippen molar-refractivity contribution in [1.29, 1.82) is 0 Å². The molecule has 0 aliphatic carbocycles. The minimum atomic E-state index is 0.284. The topological polar surface area (TPSA) is 63.8 Å². The summed E-state index contributed by atoms with van der Waals surface area (Å²) in [6.45, 7) is 6.40. The van der Waals surface area contributed by atoms with Crippen molar-refractivity contribution in [3.05, 3.63) is 10.7 Å². The lowest BCUT2D eigenvalue weighted by Crippen LogP contribution is -2.22. The average Bonchev–Trinajstić information content (AvgIpc) is 2.11. The van der Waals surface area contributed by atoms with Crippen LogP contribution in [0, 0.1) is 5.92 Å². The highest BCUT2D eigenvalue weighted by molar-refractivity contribution is 9.10. The standard InChI is InChI=1S/C9H15BrN4/c1-5(2)6(3)13-8-7(10)4-12-9(11)14-8/h4-6H,1-3H3,(H3,11,12,13,14). The maximum atomic E-state index is 5.50. The van der Waals surface area contributed by atoms with Crippen LogP contribution in [0.4, 0.5) is 11.8 Å². The lowest BCUT2D eigenvalue weighted by atomic mass is 10.1. The molecular formula is C9H15BrN4. The van der Waals surface area contributed by atoms with Gasteiger partial charge in [0, 0.05) is 12.2 Å². The van der Waals surface area contributed by atoms with E-state index in [2.05, 4.69) is 52.0 Å². The summed E-state index contributed by atoms with van der Waals surface area (Å²) >= 11 is 3.36. The van der Waals surface area contributed by atoms with Gasteiger partial charge in [-0.2, -0.15) is 4.98 Å². The average molecular weight is 259 g/mol. The highest BCUT2D eigenvalue weighted by Gasteiger charge is 2.10. The monoisotopic (exact) mass is 258 g/mol. The first-order valence-electron chi connectivity index (χ1n) is 4.55. The Labute approximate surface area is 92.5 Å². The van der Waals surface area contributed by atoms with Gasteiger partial charge in [-0.25, -0.2) is 4.98 Å². The summed E-state index contributed by atoms with van der Waals surface area (Å²) in [5.74, 6) is 1.57. The Morgan fingerprint density at radius 2 is 2.07 bits per heavy atom. The minimum absolute atomic E-state index is 0.284. The molecule has 14 heavy (non-hydrogen) atoms.